The van der Waals surface area contributed by atoms with Gasteiger partial charge < -0.3 is 10.4 Å². The number of carboxylic acid groups (broad SMARTS) is 1. The fraction of sp³-hybridized carbons (Fsp3) is 0.500. The number of para-hydroxylation sites is 1. The van der Waals surface area contributed by atoms with Crippen molar-refractivity contribution in [2.45, 2.75) is 44.3 Å². The molecule has 4 rings (SSSR count). The molecule has 0 spiro atoms. The first kappa shape index (κ1) is 17.2. The summed E-state index contributed by atoms with van der Waals surface area (Å²) in [4.78, 5) is 13.3. The Hall–Kier alpha value is -2.18. The molecule has 2 aliphatic carbocycles. The predicted molar refractivity (Wildman–Crippen MR) is 99.1 cm³/mol. The Bertz CT molecular complexity index is 735. The molecule has 138 valence electrons. The van der Waals surface area contributed by atoms with Crippen LogP contribution in [0.1, 0.15) is 31.4 Å². The summed E-state index contributed by atoms with van der Waals surface area (Å²) < 4.78 is 1.97. The Morgan fingerprint density at radius 1 is 1.23 bits per heavy atom. The van der Waals surface area contributed by atoms with Crippen molar-refractivity contribution in [2.24, 2.45) is 5.92 Å². The third-order valence-electron chi connectivity index (χ3n) is 5.45. The highest BCUT2D eigenvalue weighted by molar-refractivity contribution is 5.69. The van der Waals surface area contributed by atoms with Gasteiger partial charge in [0.05, 0.1) is 17.9 Å². The maximum absolute atomic E-state index is 11.1. The molecule has 0 atom stereocenters. The highest BCUT2D eigenvalue weighted by atomic mass is 16.4. The molecule has 0 unspecified atom stereocenters. The zero-order chi connectivity index (χ0) is 17.9. The van der Waals surface area contributed by atoms with Gasteiger partial charge in [-0.15, -0.1) is 0 Å². The van der Waals surface area contributed by atoms with Crippen molar-refractivity contribution < 1.29 is 9.90 Å². The van der Waals surface area contributed by atoms with Gasteiger partial charge in [0.2, 0.25) is 0 Å². The van der Waals surface area contributed by atoms with Gasteiger partial charge in [-0.3, -0.25) is 9.69 Å². The zero-order valence-corrected chi connectivity index (χ0v) is 14.9. The van der Waals surface area contributed by atoms with Crippen LogP contribution < -0.4 is 5.32 Å². The molecule has 2 N–H and O–H groups in total. The number of nitrogens with zero attached hydrogens (tertiary/aromatic N) is 3. The lowest BCUT2D eigenvalue weighted by Gasteiger charge is -2.43. The molecule has 2 saturated carbocycles. The lowest BCUT2D eigenvalue weighted by atomic mass is 9.85. The molecule has 0 saturated heterocycles. The van der Waals surface area contributed by atoms with Crippen molar-refractivity contribution in [1.82, 2.24) is 20.0 Å². The van der Waals surface area contributed by atoms with Gasteiger partial charge in [0.15, 0.2) is 0 Å². The van der Waals surface area contributed by atoms with Crippen LogP contribution in [0.3, 0.4) is 0 Å². The Labute approximate surface area is 153 Å². The van der Waals surface area contributed by atoms with Gasteiger partial charge in [0.1, 0.15) is 0 Å². The maximum atomic E-state index is 11.1. The number of aromatic nitrogens is 2. The van der Waals surface area contributed by atoms with E-state index in [-0.39, 0.29) is 6.54 Å². The SMILES string of the molecule is O=C(O)CN(CC1CC1)C1CC(NCc2ccnn2-c2ccccc2)C1. The van der Waals surface area contributed by atoms with Crippen molar-refractivity contribution in [3.8, 4) is 5.69 Å². The molecule has 1 aromatic heterocycles. The number of aliphatic carboxylic acids is 1. The second-order valence-electron chi connectivity index (χ2n) is 7.54. The summed E-state index contributed by atoms with van der Waals surface area (Å²) in [6.07, 6.45) is 6.40. The normalized spacial score (nSPS) is 22.3. The van der Waals surface area contributed by atoms with E-state index in [4.69, 9.17) is 5.11 Å². The number of hydrogen-bond acceptors (Lipinski definition) is 4. The average molecular weight is 354 g/mol. The summed E-state index contributed by atoms with van der Waals surface area (Å²) in [6, 6.07) is 13.0. The van der Waals surface area contributed by atoms with E-state index in [0.29, 0.717) is 12.1 Å². The van der Waals surface area contributed by atoms with Gasteiger partial charge in [-0.1, -0.05) is 18.2 Å². The molecule has 6 nitrogen and oxygen atoms in total. The van der Waals surface area contributed by atoms with Crippen LogP contribution in [-0.2, 0) is 11.3 Å². The van der Waals surface area contributed by atoms with E-state index >= 15 is 0 Å². The summed E-state index contributed by atoms with van der Waals surface area (Å²) in [7, 11) is 0. The molecule has 0 aliphatic heterocycles. The molecule has 2 aliphatic rings. The van der Waals surface area contributed by atoms with Gasteiger partial charge in [-0.05, 0) is 49.8 Å². The predicted octanol–water partition coefficient (Wildman–Crippen LogP) is 2.29. The molecule has 2 aromatic rings. The number of carboxylic acids is 1. The minimum absolute atomic E-state index is 0.175. The maximum Gasteiger partial charge on any atom is 0.317 e. The summed E-state index contributed by atoms with van der Waals surface area (Å²) in [5.41, 5.74) is 2.21. The number of benzene rings is 1. The molecule has 26 heavy (non-hydrogen) atoms. The van der Waals surface area contributed by atoms with Crippen LogP contribution in [0.25, 0.3) is 5.69 Å². The van der Waals surface area contributed by atoms with Crippen molar-refractivity contribution in [2.75, 3.05) is 13.1 Å². The Morgan fingerprint density at radius 2 is 2.00 bits per heavy atom. The highest BCUT2D eigenvalue weighted by Crippen LogP contribution is 2.33. The number of carbonyl (C=O) groups is 1. The number of nitrogens with one attached hydrogen (secondary N) is 1. The Morgan fingerprint density at radius 3 is 2.69 bits per heavy atom. The summed E-state index contributed by atoms with van der Waals surface area (Å²) in [5.74, 6) is 0.00963. The van der Waals surface area contributed by atoms with Crippen LogP contribution in [0.4, 0.5) is 0 Å². The molecular formula is C20H26N4O2. The van der Waals surface area contributed by atoms with E-state index < -0.39 is 5.97 Å². The van der Waals surface area contributed by atoms with E-state index in [9.17, 15) is 4.79 Å². The van der Waals surface area contributed by atoms with Gasteiger partial charge in [0.25, 0.3) is 0 Å². The van der Waals surface area contributed by atoms with Crippen LogP contribution in [0, 0.1) is 5.92 Å². The molecule has 1 aromatic carbocycles. The van der Waals surface area contributed by atoms with Crippen LogP contribution in [0.15, 0.2) is 42.6 Å². The summed E-state index contributed by atoms with van der Waals surface area (Å²) in [5, 5.41) is 17.2. The fourth-order valence-corrected chi connectivity index (χ4v) is 3.72. The van der Waals surface area contributed by atoms with Crippen LogP contribution in [-0.4, -0.2) is 50.9 Å². The van der Waals surface area contributed by atoms with E-state index in [1.807, 2.05) is 35.1 Å². The van der Waals surface area contributed by atoms with Gasteiger partial charge in [0, 0.05) is 31.4 Å². The largest absolute Gasteiger partial charge is 0.480 e. The number of hydrogen-bond donors (Lipinski definition) is 2. The molecule has 6 heteroatoms. The van der Waals surface area contributed by atoms with E-state index in [1.54, 1.807) is 0 Å². The van der Waals surface area contributed by atoms with Crippen LogP contribution in [0.2, 0.25) is 0 Å². The zero-order valence-electron chi connectivity index (χ0n) is 14.9. The molecule has 2 fully saturated rings. The Balaban J connectivity index is 1.28. The van der Waals surface area contributed by atoms with Gasteiger partial charge >= 0.3 is 5.97 Å². The van der Waals surface area contributed by atoms with Crippen molar-refractivity contribution >= 4 is 5.97 Å². The monoisotopic (exact) mass is 354 g/mol. The van der Waals surface area contributed by atoms with Crippen molar-refractivity contribution in [3.63, 3.8) is 0 Å². The van der Waals surface area contributed by atoms with Crippen molar-refractivity contribution in [3.05, 3.63) is 48.3 Å². The molecule has 0 amide bonds. The second kappa shape index (κ2) is 7.60. The molecule has 0 bridgehead atoms. The van der Waals surface area contributed by atoms with Crippen LogP contribution >= 0.6 is 0 Å². The summed E-state index contributed by atoms with van der Waals surface area (Å²) in [6.45, 7) is 1.90. The van der Waals surface area contributed by atoms with Gasteiger partial charge in [-0.2, -0.15) is 5.10 Å². The average Bonchev–Trinajstić information content (AvgIpc) is 3.28. The lowest BCUT2D eigenvalue weighted by Crippen LogP contribution is -2.54. The Kier molecular flexibility index (Phi) is 5.04. The fourth-order valence-electron chi connectivity index (χ4n) is 3.72. The summed E-state index contributed by atoms with van der Waals surface area (Å²) >= 11 is 0. The first-order valence-corrected chi connectivity index (χ1v) is 9.46. The first-order chi connectivity index (χ1) is 12.7. The van der Waals surface area contributed by atoms with Crippen molar-refractivity contribution in [1.29, 1.82) is 0 Å². The lowest BCUT2D eigenvalue weighted by molar-refractivity contribution is -0.139. The van der Waals surface area contributed by atoms with E-state index in [0.717, 1.165) is 43.2 Å². The van der Waals surface area contributed by atoms with E-state index in [2.05, 4.69) is 27.4 Å². The quantitative estimate of drug-likeness (QED) is 0.723. The highest BCUT2D eigenvalue weighted by Gasteiger charge is 2.36. The number of rotatable bonds is 9. The smallest absolute Gasteiger partial charge is 0.317 e. The minimum atomic E-state index is -0.714. The van der Waals surface area contributed by atoms with Gasteiger partial charge in [-0.25, -0.2) is 4.68 Å². The standard InChI is InChI=1S/C20H26N4O2/c25-20(26)14-23(13-15-6-7-15)19-10-16(11-19)21-12-18-8-9-22-24(18)17-4-2-1-3-5-17/h1-5,8-9,15-16,19,21H,6-7,10-14H2,(H,25,26). The third-order valence-corrected chi connectivity index (χ3v) is 5.45. The molecule has 1 heterocycles. The third kappa shape index (κ3) is 4.14. The second-order valence-corrected chi connectivity index (χ2v) is 7.54. The topological polar surface area (TPSA) is 70.4 Å². The molecular weight excluding hydrogens is 328 g/mol. The molecule has 0 radical (unpaired) electrons. The minimum Gasteiger partial charge on any atom is -0.480 e. The van der Waals surface area contributed by atoms with Crippen LogP contribution in [0.5, 0.6) is 0 Å². The van der Waals surface area contributed by atoms with E-state index in [1.165, 1.54) is 12.8 Å². The first-order valence-electron chi connectivity index (χ1n) is 9.46.